The molecule has 0 N–H and O–H groups in total. The summed E-state index contributed by atoms with van der Waals surface area (Å²) in [6, 6.07) is 0. The number of thiazole rings is 1. The lowest BCUT2D eigenvalue weighted by Crippen LogP contribution is -2.38. The minimum absolute atomic E-state index is 0.0784. The van der Waals surface area contributed by atoms with Gasteiger partial charge in [-0.2, -0.15) is 13.2 Å². The van der Waals surface area contributed by atoms with E-state index in [1.165, 1.54) is 6.92 Å². The fraction of sp³-hybridized carbons (Fsp3) is 0.769. The number of aryl methyl sites for hydroxylation is 1. The second-order valence-corrected chi connectivity index (χ2v) is 7.48. The minimum Gasteiger partial charge on any atom is -0.380 e. The maximum absolute atomic E-state index is 12.9. The van der Waals surface area contributed by atoms with Crippen molar-refractivity contribution in [3.05, 3.63) is 10.6 Å². The lowest BCUT2D eigenvalue weighted by molar-refractivity contribution is -0.141. The van der Waals surface area contributed by atoms with E-state index in [4.69, 9.17) is 9.47 Å². The number of nitrogens with zero attached hydrogens (tertiary/aromatic N) is 2. The molecule has 0 unspecified atom stereocenters. The first-order valence-corrected chi connectivity index (χ1v) is 7.62. The first kappa shape index (κ1) is 13.8. The maximum Gasteiger partial charge on any atom is 0.434 e. The van der Waals surface area contributed by atoms with Crippen LogP contribution in [0.5, 0.6) is 0 Å². The number of aromatic nitrogens is 1. The summed E-state index contributed by atoms with van der Waals surface area (Å²) in [4.78, 5) is 6.06. The van der Waals surface area contributed by atoms with Gasteiger partial charge in [0.1, 0.15) is 0 Å². The van der Waals surface area contributed by atoms with Gasteiger partial charge >= 0.3 is 6.18 Å². The molecule has 4 nitrogen and oxygen atoms in total. The zero-order valence-electron chi connectivity index (χ0n) is 11.5. The molecule has 1 aromatic heterocycles. The molecule has 4 heterocycles. The third-order valence-corrected chi connectivity index (χ3v) is 5.98. The van der Waals surface area contributed by atoms with Crippen molar-refractivity contribution in [2.24, 2.45) is 10.8 Å². The van der Waals surface area contributed by atoms with Crippen molar-refractivity contribution in [2.45, 2.75) is 13.1 Å². The number of alkyl halides is 3. The Kier molecular flexibility index (Phi) is 2.70. The quantitative estimate of drug-likeness (QED) is 0.795. The van der Waals surface area contributed by atoms with Gasteiger partial charge < -0.3 is 14.4 Å². The van der Waals surface area contributed by atoms with Crippen LogP contribution in [-0.4, -0.2) is 44.5 Å². The van der Waals surface area contributed by atoms with Crippen LogP contribution in [0.4, 0.5) is 18.3 Å². The Morgan fingerprint density at radius 2 is 1.62 bits per heavy atom. The van der Waals surface area contributed by atoms with E-state index in [0.29, 0.717) is 44.6 Å². The fourth-order valence-electron chi connectivity index (χ4n) is 3.80. The van der Waals surface area contributed by atoms with E-state index in [2.05, 4.69) is 4.98 Å². The molecular formula is C13H15F3N2O2S. The van der Waals surface area contributed by atoms with Gasteiger partial charge in [-0.15, -0.1) is 11.3 Å². The van der Waals surface area contributed by atoms with Crippen LogP contribution in [0.3, 0.4) is 0 Å². The van der Waals surface area contributed by atoms with E-state index in [0.717, 1.165) is 11.3 Å². The molecule has 8 heteroatoms. The van der Waals surface area contributed by atoms with Gasteiger partial charge in [0.15, 0.2) is 10.8 Å². The van der Waals surface area contributed by atoms with Gasteiger partial charge in [0.2, 0.25) is 0 Å². The van der Waals surface area contributed by atoms with Gasteiger partial charge in [-0.05, 0) is 6.92 Å². The van der Waals surface area contributed by atoms with Crippen molar-refractivity contribution < 1.29 is 22.6 Å². The number of rotatable bonds is 1. The molecule has 116 valence electrons. The summed E-state index contributed by atoms with van der Waals surface area (Å²) in [6.07, 6.45) is -4.38. The van der Waals surface area contributed by atoms with Crippen molar-refractivity contribution in [1.82, 2.24) is 4.98 Å². The van der Waals surface area contributed by atoms with E-state index >= 15 is 0 Å². The molecule has 4 rings (SSSR count). The Morgan fingerprint density at radius 1 is 1.10 bits per heavy atom. The largest absolute Gasteiger partial charge is 0.434 e. The number of hydrogen-bond acceptors (Lipinski definition) is 5. The van der Waals surface area contributed by atoms with E-state index in [-0.39, 0.29) is 15.7 Å². The molecule has 3 fully saturated rings. The predicted molar refractivity (Wildman–Crippen MR) is 70.6 cm³/mol. The fourth-order valence-corrected chi connectivity index (χ4v) is 4.73. The smallest absolute Gasteiger partial charge is 0.380 e. The van der Waals surface area contributed by atoms with Gasteiger partial charge in [-0.25, -0.2) is 4.98 Å². The summed E-state index contributed by atoms with van der Waals surface area (Å²) in [5.74, 6) is 0. The van der Waals surface area contributed by atoms with E-state index in [9.17, 15) is 13.2 Å². The van der Waals surface area contributed by atoms with E-state index < -0.39 is 11.9 Å². The molecule has 0 atom stereocenters. The van der Waals surface area contributed by atoms with Crippen molar-refractivity contribution >= 4 is 16.5 Å². The maximum atomic E-state index is 12.9. The third kappa shape index (κ3) is 1.78. The van der Waals surface area contributed by atoms with Crippen molar-refractivity contribution in [2.75, 3.05) is 44.4 Å². The highest BCUT2D eigenvalue weighted by Crippen LogP contribution is 2.56. The molecule has 0 bridgehead atoms. The Hall–Kier alpha value is -0.860. The lowest BCUT2D eigenvalue weighted by Gasteiger charge is -2.25. The van der Waals surface area contributed by atoms with E-state index in [1.807, 2.05) is 4.90 Å². The molecule has 1 aromatic rings. The minimum atomic E-state index is -4.38. The van der Waals surface area contributed by atoms with Crippen molar-refractivity contribution in [3.8, 4) is 0 Å². The standard InChI is InChI=1S/C13H15F3N2O2S/c1-8-9(13(14,15)16)17-10(21-8)18-2-11-4-19-6-12(11,3-18)7-20-5-11/h2-7H2,1H3. The predicted octanol–water partition coefficient (Wildman–Crippen LogP) is 2.32. The summed E-state index contributed by atoms with van der Waals surface area (Å²) in [7, 11) is 0. The third-order valence-electron chi connectivity index (χ3n) is 4.95. The molecular weight excluding hydrogens is 305 g/mol. The van der Waals surface area contributed by atoms with Gasteiger partial charge in [-0.1, -0.05) is 0 Å². The zero-order chi connectivity index (χ0) is 14.9. The first-order valence-electron chi connectivity index (χ1n) is 6.80. The van der Waals surface area contributed by atoms with Gasteiger partial charge in [0, 0.05) is 28.8 Å². The van der Waals surface area contributed by atoms with Crippen molar-refractivity contribution in [1.29, 1.82) is 0 Å². The molecule has 0 spiro atoms. The van der Waals surface area contributed by atoms with Crippen LogP contribution in [0.15, 0.2) is 0 Å². The number of anilines is 1. The molecule has 0 saturated carbocycles. The lowest BCUT2D eigenvalue weighted by atomic mass is 9.71. The average molecular weight is 320 g/mol. The second-order valence-electron chi connectivity index (χ2n) is 6.30. The molecule has 3 saturated heterocycles. The van der Waals surface area contributed by atoms with Crippen LogP contribution in [0.1, 0.15) is 10.6 Å². The van der Waals surface area contributed by atoms with Crippen molar-refractivity contribution in [3.63, 3.8) is 0 Å². The van der Waals surface area contributed by atoms with E-state index in [1.54, 1.807) is 0 Å². The van der Waals surface area contributed by atoms with Crippen LogP contribution < -0.4 is 4.90 Å². The number of hydrogen-bond donors (Lipinski definition) is 0. The summed E-state index contributed by atoms with van der Waals surface area (Å²) in [6.45, 7) is 5.30. The second kappa shape index (κ2) is 4.11. The highest BCUT2D eigenvalue weighted by Gasteiger charge is 2.65. The van der Waals surface area contributed by atoms with Crippen LogP contribution in [0.2, 0.25) is 0 Å². The summed E-state index contributed by atoms with van der Waals surface area (Å²) >= 11 is 1.12. The molecule has 0 aromatic carbocycles. The highest BCUT2D eigenvalue weighted by molar-refractivity contribution is 7.15. The highest BCUT2D eigenvalue weighted by atomic mass is 32.1. The molecule has 0 radical (unpaired) electrons. The Bertz CT molecular complexity index is 556. The molecule has 0 amide bonds. The van der Waals surface area contributed by atoms with Gasteiger partial charge in [-0.3, -0.25) is 0 Å². The van der Waals surface area contributed by atoms with Crippen LogP contribution >= 0.6 is 11.3 Å². The van der Waals surface area contributed by atoms with Gasteiger partial charge in [0.25, 0.3) is 0 Å². The molecule has 3 aliphatic rings. The molecule has 21 heavy (non-hydrogen) atoms. The topological polar surface area (TPSA) is 34.6 Å². The van der Waals surface area contributed by atoms with Crippen LogP contribution in [-0.2, 0) is 15.7 Å². The van der Waals surface area contributed by atoms with Gasteiger partial charge in [0.05, 0.1) is 26.4 Å². The molecule has 0 aliphatic carbocycles. The Labute approximate surface area is 123 Å². The first-order chi connectivity index (χ1) is 9.85. The Balaban J connectivity index is 1.65. The number of ether oxygens (including phenoxy) is 2. The molecule has 3 aliphatic heterocycles. The summed E-state index contributed by atoms with van der Waals surface area (Å²) in [5.41, 5.74) is -0.914. The van der Waals surface area contributed by atoms with Crippen LogP contribution in [0.25, 0.3) is 0 Å². The number of halogens is 3. The summed E-state index contributed by atoms with van der Waals surface area (Å²) < 4.78 is 49.9. The SMILES string of the molecule is Cc1sc(N2CC34COCC3(COC4)C2)nc1C(F)(F)F. The summed E-state index contributed by atoms with van der Waals surface area (Å²) in [5, 5.41) is 0.467. The normalized spacial score (nSPS) is 35.3. The van der Waals surface area contributed by atoms with Crippen LogP contribution in [0, 0.1) is 17.8 Å². The zero-order valence-corrected chi connectivity index (χ0v) is 12.3. The average Bonchev–Trinajstić information content (AvgIpc) is 2.98. The Morgan fingerprint density at radius 3 is 2.05 bits per heavy atom. The monoisotopic (exact) mass is 320 g/mol.